The van der Waals surface area contributed by atoms with Crippen molar-refractivity contribution >= 4 is 12.2 Å². The van der Waals surface area contributed by atoms with E-state index < -0.39 is 11.9 Å². The van der Waals surface area contributed by atoms with Crippen LogP contribution in [0.3, 0.4) is 0 Å². The fraction of sp³-hybridized carbons (Fsp3) is 0.500. The quantitative estimate of drug-likeness (QED) is 0.711. The summed E-state index contributed by atoms with van der Waals surface area (Å²) in [6.45, 7) is 9.53. The molecule has 2 nitrogen and oxygen atoms in total. The fourth-order valence-electron chi connectivity index (χ4n) is 3.59. The molecule has 3 rings (SSSR count). The predicted molar refractivity (Wildman–Crippen MR) is 89.5 cm³/mol. The first-order chi connectivity index (χ1) is 11.0. The van der Waals surface area contributed by atoms with Crippen LogP contribution in [0.15, 0.2) is 34.9 Å². The zero-order valence-corrected chi connectivity index (χ0v) is 14.4. The van der Waals surface area contributed by atoms with Gasteiger partial charge in [0.25, 0.3) is 0 Å². The van der Waals surface area contributed by atoms with Crippen LogP contribution in [0.25, 0.3) is 11.3 Å². The van der Waals surface area contributed by atoms with Gasteiger partial charge in [0.1, 0.15) is 5.69 Å². The number of hydrogen-bond acceptors (Lipinski definition) is 2. The third-order valence-electron chi connectivity index (χ3n) is 5.79. The maximum absolute atomic E-state index is 12.7. The summed E-state index contributed by atoms with van der Waals surface area (Å²) < 4.78 is 42.5. The minimum absolute atomic E-state index is 0.223. The SMILES string of the molecule is CC1(C)CB(c2cccc(-c3cc(C(F)(F)F)on3)c2)CC1(C)C. The van der Waals surface area contributed by atoms with Gasteiger partial charge in [-0.1, -0.05) is 75.2 Å². The van der Waals surface area contributed by atoms with Gasteiger partial charge in [0.2, 0.25) is 5.76 Å². The van der Waals surface area contributed by atoms with Crippen LogP contribution in [-0.4, -0.2) is 11.9 Å². The van der Waals surface area contributed by atoms with Crippen LogP contribution in [0.5, 0.6) is 0 Å². The summed E-state index contributed by atoms with van der Waals surface area (Å²) in [5, 5.41) is 3.58. The lowest BCUT2D eigenvalue weighted by Crippen LogP contribution is -2.27. The van der Waals surface area contributed by atoms with Crippen molar-refractivity contribution in [2.75, 3.05) is 0 Å². The molecule has 1 fully saturated rings. The molecule has 1 aliphatic rings. The molecule has 1 aromatic heterocycles. The largest absolute Gasteiger partial charge is 0.452 e. The lowest BCUT2D eigenvalue weighted by molar-refractivity contribution is -0.155. The summed E-state index contributed by atoms with van der Waals surface area (Å²) in [6.07, 6.45) is -2.38. The number of nitrogens with zero attached hydrogens (tertiary/aromatic N) is 1. The molecule has 0 radical (unpaired) electrons. The number of halogens is 3. The first-order valence-electron chi connectivity index (χ1n) is 8.14. The van der Waals surface area contributed by atoms with Gasteiger partial charge in [0, 0.05) is 11.6 Å². The zero-order valence-electron chi connectivity index (χ0n) is 14.4. The van der Waals surface area contributed by atoms with Crippen molar-refractivity contribution in [2.45, 2.75) is 46.5 Å². The van der Waals surface area contributed by atoms with Gasteiger partial charge >= 0.3 is 6.18 Å². The highest BCUT2D eigenvalue weighted by atomic mass is 19.4. The maximum Gasteiger partial charge on any atom is 0.452 e. The van der Waals surface area contributed by atoms with Crippen molar-refractivity contribution < 1.29 is 17.7 Å². The Morgan fingerprint density at radius 2 is 1.67 bits per heavy atom. The zero-order chi connectivity index (χ0) is 17.8. The molecule has 0 bridgehead atoms. The summed E-state index contributed by atoms with van der Waals surface area (Å²) in [5.41, 5.74) is 2.49. The second kappa shape index (κ2) is 5.40. The van der Waals surface area contributed by atoms with E-state index in [2.05, 4.69) is 43.4 Å². The molecule has 1 saturated heterocycles. The Bertz CT molecular complexity index is 733. The molecular weight excluding hydrogens is 314 g/mol. The molecule has 0 amide bonds. The Morgan fingerprint density at radius 3 is 2.21 bits per heavy atom. The van der Waals surface area contributed by atoms with Crippen LogP contribution in [0.4, 0.5) is 13.2 Å². The fourth-order valence-corrected chi connectivity index (χ4v) is 3.59. The average molecular weight is 335 g/mol. The summed E-state index contributed by atoms with van der Waals surface area (Å²) in [5.74, 6) is -1.06. The lowest BCUT2D eigenvalue weighted by atomic mass is 9.42. The number of alkyl halides is 3. The van der Waals surface area contributed by atoms with E-state index in [1.165, 1.54) is 0 Å². The second-order valence-electron chi connectivity index (χ2n) is 8.07. The molecule has 0 unspecified atom stereocenters. The van der Waals surface area contributed by atoms with Crippen molar-refractivity contribution in [3.05, 3.63) is 36.1 Å². The molecule has 0 atom stereocenters. The number of aromatic nitrogens is 1. The standard InChI is InChI=1S/C18H21BF3NO/c1-16(2)10-19(11-17(16,3)4)13-7-5-6-12(8-13)14-9-15(24-23-14)18(20,21)22/h5-9H,10-11H2,1-4H3. The highest BCUT2D eigenvalue weighted by molar-refractivity contribution is 6.74. The monoisotopic (exact) mass is 335 g/mol. The Balaban J connectivity index is 1.90. The molecule has 6 heteroatoms. The van der Waals surface area contributed by atoms with E-state index in [9.17, 15) is 13.2 Å². The van der Waals surface area contributed by atoms with Gasteiger partial charge in [0.15, 0.2) is 6.71 Å². The van der Waals surface area contributed by atoms with E-state index in [0.29, 0.717) is 12.3 Å². The Morgan fingerprint density at radius 1 is 1.04 bits per heavy atom. The first-order valence-corrected chi connectivity index (χ1v) is 8.14. The first kappa shape index (κ1) is 17.1. The molecule has 128 valence electrons. The Labute approximate surface area is 140 Å². The molecule has 0 aliphatic carbocycles. The van der Waals surface area contributed by atoms with E-state index in [4.69, 9.17) is 0 Å². The molecule has 2 heterocycles. The van der Waals surface area contributed by atoms with Crippen LogP contribution >= 0.6 is 0 Å². The maximum atomic E-state index is 12.7. The van der Waals surface area contributed by atoms with Gasteiger partial charge < -0.3 is 4.52 Å². The summed E-state index contributed by atoms with van der Waals surface area (Å²) in [4.78, 5) is 0. The van der Waals surface area contributed by atoms with Crippen molar-refractivity contribution in [1.82, 2.24) is 5.16 Å². The normalized spacial score (nSPS) is 19.7. The molecule has 1 aliphatic heterocycles. The number of rotatable bonds is 2. The van der Waals surface area contributed by atoms with Gasteiger partial charge in [-0.15, -0.1) is 0 Å². The third-order valence-corrected chi connectivity index (χ3v) is 5.79. The summed E-state index contributed by atoms with van der Waals surface area (Å²) >= 11 is 0. The van der Waals surface area contributed by atoms with Crippen molar-refractivity contribution in [3.8, 4) is 11.3 Å². The van der Waals surface area contributed by atoms with E-state index >= 15 is 0 Å². The number of hydrogen-bond donors (Lipinski definition) is 0. The van der Waals surface area contributed by atoms with Crippen LogP contribution in [-0.2, 0) is 6.18 Å². The molecule has 24 heavy (non-hydrogen) atoms. The second-order valence-corrected chi connectivity index (χ2v) is 8.07. The van der Waals surface area contributed by atoms with Crippen LogP contribution in [0.1, 0.15) is 33.5 Å². The minimum atomic E-state index is -4.51. The molecular formula is C18H21BF3NO. The average Bonchev–Trinajstić information content (AvgIpc) is 3.02. The molecule has 0 saturated carbocycles. The molecule has 1 aromatic carbocycles. The van der Waals surface area contributed by atoms with Crippen molar-refractivity contribution in [1.29, 1.82) is 0 Å². The van der Waals surface area contributed by atoms with Gasteiger partial charge in [-0.25, -0.2) is 0 Å². The highest BCUT2D eigenvalue weighted by Gasteiger charge is 2.48. The van der Waals surface area contributed by atoms with Crippen LogP contribution in [0.2, 0.25) is 12.6 Å². The van der Waals surface area contributed by atoms with E-state index in [1.807, 2.05) is 12.1 Å². The van der Waals surface area contributed by atoms with Gasteiger partial charge in [0.05, 0.1) is 0 Å². The lowest BCUT2D eigenvalue weighted by Gasteiger charge is -2.35. The third kappa shape index (κ3) is 2.98. The van der Waals surface area contributed by atoms with Gasteiger partial charge in [-0.2, -0.15) is 13.2 Å². The topological polar surface area (TPSA) is 26.0 Å². The van der Waals surface area contributed by atoms with Crippen molar-refractivity contribution in [3.63, 3.8) is 0 Å². The van der Waals surface area contributed by atoms with Crippen LogP contribution in [0, 0.1) is 10.8 Å². The minimum Gasteiger partial charge on any atom is -0.351 e. The molecule has 0 N–H and O–H groups in total. The number of benzene rings is 1. The Hall–Kier alpha value is -1.72. The van der Waals surface area contributed by atoms with E-state index in [1.54, 1.807) is 6.07 Å². The predicted octanol–water partition coefficient (Wildman–Crippen LogP) is 5.13. The summed E-state index contributed by atoms with van der Waals surface area (Å²) in [6, 6.07) is 8.61. The van der Waals surface area contributed by atoms with Gasteiger partial charge in [-0.3, -0.25) is 0 Å². The highest BCUT2D eigenvalue weighted by Crippen LogP contribution is 2.52. The van der Waals surface area contributed by atoms with Crippen LogP contribution < -0.4 is 5.46 Å². The Kier molecular flexibility index (Phi) is 3.85. The van der Waals surface area contributed by atoms with Gasteiger partial charge in [-0.05, 0) is 10.8 Å². The van der Waals surface area contributed by atoms with E-state index in [0.717, 1.165) is 24.2 Å². The summed E-state index contributed by atoms with van der Waals surface area (Å²) in [7, 11) is 0. The van der Waals surface area contributed by atoms with Crippen molar-refractivity contribution in [2.24, 2.45) is 10.8 Å². The molecule has 2 aromatic rings. The van der Waals surface area contributed by atoms with E-state index in [-0.39, 0.29) is 16.5 Å². The molecule has 0 spiro atoms. The smallest absolute Gasteiger partial charge is 0.351 e.